The van der Waals surface area contributed by atoms with Crippen molar-refractivity contribution in [3.63, 3.8) is 0 Å². The molecule has 3 amide bonds. The molecule has 0 radical (unpaired) electrons. The Balaban J connectivity index is 2.25. The lowest BCUT2D eigenvalue weighted by Crippen LogP contribution is -2.47. The summed E-state index contributed by atoms with van der Waals surface area (Å²) in [4.78, 5) is 36.4. The van der Waals surface area contributed by atoms with Crippen LogP contribution in [0.1, 0.15) is 78.7 Å². The van der Waals surface area contributed by atoms with Crippen molar-refractivity contribution in [2.75, 3.05) is 13.7 Å². The number of ether oxygens (including phenoxy) is 2. The Bertz CT molecular complexity index is 805. The second-order valence-electron chi connectivity index (χ2n) is 10.4. The molecular weight excluding hydrogens is 462 g/mol. The molecule has 0 heterocycles. The van der Waals surface area contributed by atoms with Crippen molar-refractivity contribution in [3.05, 3.63) is 29.8 Å². The summed E-state index contributed by atoms with van der Waals surface area (Å²) < 4.78 is 10.4. The number of carbonyl (C=O) groups is 3. The van der Waals surface area contributed by atoms with Crippen LogP contribution in [-0.4, -0.2) is 54.4 Å². The summed E-state index contributed by atoms with van der Waals surface area (Å²) in [6.07, 6.45) is 1.47. The van der Waals surface area contributed by atoms with Crippen LogP contribution in [0.2, 0.25) is 0 Å². The molecule has 0 spiro atoms. The molecule has 9 nitrogen and oxygen atoms in total. The number of methoxy groups -OCH3 is 1. The Hall–Kier alpha value is -2.81. The van der Waals surface area contributed by atoms with E-state index in [2.05, 4.69) is 16.0 Å². The minimum absolute atomic E-state index is 0.00772. The predicted molar refractivity (Wildman–Crippen MR) is 140 cm³/mol. The number of carbonyl (C=O) groups excluding carboxylic acids is 3. The van der Waals surface area contributed by atoms with Gasteiger partial charge in [0, 0.05) is 19.5 Å². The zero-order valence-electron chi connectivity index (χ0n) is 22.7. The van der Waals surface area contributed by atoms with Crippen molar-refractivity contribution in [1.82, 2.24) is 16.0 Å². The zero-order valence-corrected chi connectivity index (χ0v) is 22.7. The highest BCUT2D eigenvalue weighted by atomic mass is 16.6. The Morgan fingerprint density at radius 1 is 0.972 bits per heavy atom. The smallest absolute Gasteiger partial charge is 0.407 e. The largest absolute Gasteiger partial charge is 0.497 e. The molecule has 4 N–H and O–H groups in total. The molecule has 0 saturated heterocycles. The predicted octanol–water partition coefficient (Wildman–Crippen LogP) is 3.68. The van der Waals surface area contributed by atoms with Gasteiger partial charge in [-0.25, -0.2) is 4.79 Å². The molecule has 1 aromatic rings. The van der Waals surface area contributed by atoms with Crippen LogP contribution in [0.3, 0.4) is 0 Å². The van der Waals surface area contributed by atoms with E-state index >= 15 is 0 Å². The van der Waals surface area contributed by atoms with E-state index in [-0.39, 0.29) is 24.2 Å². The topological polar surface area (TPSA) is 126 Å². The van der Waals surface area contributed by atoms with Crippen molar-refractivity contribution < 1.29 is 29.0 Å². The van der Waals surface area contributed by atoms with Gasteiger partial charge in [-0.05, 0) is 63.6 Å². The maximum atomic E-state index is 12.3. The van der Waals surface area contributed by atoms with Crippen LogP contribution in [0.25, 0.3) is 0 Å². The van der Waals surface area contributed by atoms with E-state index in [4.69, 9.17) is 9.47 Å². The third-order valence-electron chi connectivity index (χ3n) is 5.34. The standard InChI is InChI=1S/C27H45N3O6/c1-19(2)16-22(30-26(34)36-27(3,4)5)23(31)17-25(33)28-15-9-7-8-10-24(32)29-18-20-11-13-21(35-6)14-12-20/h11-14,19,22-23,31H,7-10,15-18H2,1-6H3,(H,28,33)(H,29,32)(H,30,34)/t22-,23-/m0/s1. The van der Waals surface area contributed by atoms with Gasteiger partial charge in [-0.15, -0.1) is 0 Å². The number of alkyl carbamates (subject to hydrolysis) is 1. The molecule has 2 atom stereocenters. The van der Waals surface area contributed by atoms with E-state index in [1.807, 2.05) is 38.1 Å². The van der Waals surface area contributed by atoms with Gasteiger partial charge < -0.3 is 30.5 Å². The quantitative estimate of drug-likeness (QED) is 0.268. The summed E-state index contributed by atoms with van der Waals surface area (Å²) in [6, 6.07) is 6.96. The first-order chi connectivity index (χ1) is 16.9. The van der Waals surface area contributed by atoms with E-state index < -0.39 is 23.8 Å². The van der Waals surface area contributed by atoms with E-state index in [9.17, 15) is 19.5 Å². The Morgan fingerprint density at radius 3 is 2.22 bits per heavy atom. The monoisotopic (exact) mass is 507 g/mol. The summed E-state index contributed by atoms with van der Waals surface area (Å²) >= 11 is 0. The van der Waals surface area contributed by atoms with Gasteiger partial charge in [0.2, 0.25) is 11.8 Å². The van der Waals surface area contributed by atoms with Crippen molar-refractivity contribution in [2.45, 2.75) is 97.4 Å². The van der Waals surface area contributed by atoms with Gasteiger partial charge in [-0.1, -0.05) is 32.4 Å². The second-order valence-corrected chi connectivity index (χ2v) is 10.4. The number of rotatable bonds is 15. The number of aliphatic hydroxyl groups excluding tert-OH is 1. The minimum atomic E-state index is -1.02. The molecule has 0 aromatic heterocycles. The highest BCUT2D eigenvalue weighted by Crippen LogP contribution is 2.14. The molecule has 204 valence electrons. The first-order valence-electron chi connectivity index (χ1n) is 12.7. The summed E-state index contributed by atoms with van der Waals surface area (Å²) in [5.74, 6) is 0.710. The summed E-state index contributed by atoms with van der Waals surface area (Å²) in [5, 5.41) is 19.0. The molecule has 0 aliphatic rings. The molecule has 0 bridgehead atoms. The highest BCUT2D eigenvalue weighted by molar-refractivity contribution is 5.77. The van der Waals surface area contributed by atoms with Gasteiger partial charge >= 0.3 is 6.09 Å². The van der Waals surface area contributed by atoms with Crippen molar-refractivity contribution in [3.8, 4) is 5.75 Å². The summed E-state index contributed by atoms with van der Waals surface area (Å²) in [6.45, 7) is 10.2. The fourth-order valence-corrected chi connectivity index (χ4v) is 3.53. The number of nitrogens with one attached hydrogen (secondary N) is 3. The van der Waals surface area contributed by atoms with E-state index in [0.29, 0.717) is 25.9 Å². The normalized spacial score (nSPS) is 13.0. The Morgan fingerprint density at radius 2 is 1.64 bits per heavy atom. The van der Waals surface area contributed by atoms with Crippen LogP contribution in [0.4, 0.5) is 4.79 Å². The lowest BCUT2D eigenvalue weighted by Gasteiger charge is -2.27. The van der Waals surface area contributed by atoms with Gasteiger partial charge in [0.25, 0.3) is 0 Å². The molecular formula is C27H45N3O6. The van der Waals surface area contributed by atoms with Crippen molar-refractivity contribution in [2.24, 2.45) is 5.92 Å². The van der Waals surface area contributed by atoms with Gasteiger partial charge in [-0.3, -0.25) is 9.59 Å². The molecule has 9 heteroatoms. The molecule has 1 rings (SSSR count). The third-order valence-corrected chi connectivity index (χ3v) is 5.34. The molecule has 36 heavy (non-hydrogen) atoms. The fraction of sp³-hybridized carbons (Fsp3) is 0.667. The minimum Gasteiger partial charge on any atom is -0.497 e. The number of unbranched alkanes of at least 4 members (excludes halogenated alkanes) is 2. The van der Waals surface area contributed by atoms with Crippen molar-refractivity contribution in [1.29, 1.82) is 0 Å². The maximum Gasteiger partial charge on any atom is 0.407 e. The number of benzene rings is 1. The Kier molecular flexibility index (Phi) is 13.9. The van der Waals surface area contributed by atoms with Crippen LogP contribution >= 0.6 is 0 Å². The van der Waals surface area contributed by atoms with Crippen LogP contribution < -0.4 is 20.7 Å². The number of aliphatic hydroxyl groups is 1. The average Bonchev–Trinajstić information content (AvgIpc) is 2.78. The van der Waals surface area contributed by atoms with E-state index in [0.717, 1.165) is 30.6 Å². The lowest BCUT2D eigenvalue weighted by atomic mass is 9.97. The van der Waals surface area contributed by atoms with Gasteiger partial charge in [-0.2, -0.15) is 0 Å². The highest BCUT2D eigenvalue weighted by Gasteiger charge is 2.27. The fourth-order valence-electron chi connectivity index (χ4n) is 3.53. The molecule has 1 aromatic carbocycles. The first kappa shape index (κ1) is 31.2. The maximum absolute atomic E-state index is 12.3. The third kappa shape index (κ3) is 14.6. The van der Waals surface area contributed by atoms with Gasteiger partial charge in [0.1, 0.15) is 11.4 Å². The lowest BCUT2D eigenvalue weighted by molar-refractivity contribution is -0.124. The van der Waals surface area contributed by atoms with Gasteiger partial charge in [0.05, 0.1) is 25.7 Å². The second kappa shape index (κ2) is 16.0. The number of hydrogen-bond acceptors (Lipinski definition) is 6. The zero-order chi connectivity index (χ0) is 27.1. The van der Waals surface area contributed by atoms with Crippen LogP contribution in [0.15, 0.2) is 24.3 Å². The van der Waals surface area contributed by atoms with Gasteiger partial charge in [0.15, 0.2) is 0 Å². The first-order valence-corrected chi connectivity index (χ1v) is 12.7. The number of amides is 3. The van der Waals surface area contributed by atoms with E-state index in [1.165, 1.54) is 0 Å². The summed E-state index contributed by atoms with van der Waals surface area (Å²) in [5.41, 5.74) is 0.359. The Labute approximate surface area is 215 Å². The summed E-state index contributed by atoms with van der Waals surface area (Å²) in [7, 11) is 1.61. The molecule has 0 unspecified atom stereocenters. The average molecular weight is 508 g/mol. The van der Waals surface area contributed by atoms with E-state index in [1.54, 1.807) is 27.9 Å². The van der Waals surface area contributed by atoms with Crippen LogP contribution in [-0.2, 0) is 20.9 Å². The SMILES string of the molecule is COc1ccc(CNC(=O)CCCCCNC(=O)C[C@H](O)[C@H](CC(C)C)NC(=O)OC(C)(C)C)cc1. The molecule has 0 saturated carbocycles. The molecule has 0 aliphatic heterocycles. The molecule has 0 aliphatic carbocycles. The van der Waals surface area contributed by atoms with Crippen LogP contribution in [0.5, 0.6) is 5.75 Å². The number of hydrogen-bond donors (Lipinski definition) is 4. The van der Waals surface area contributed by atoms with Crippen LogP contribution in [0, 0.1) is 5.92 Å². The molecule has 0 fully saturated rings. The van der Waals surface area contributed by atoms with Crippen molar-refractivity contribution >= 4 is 17.9 Å².